The topological polar surface area (TPSA) is 105 Å². The fraction of sp³-hybridized carbons (Fsp3) is 0.273. The van der Waals surface area contributed by atoms with Crippen molar-refractivity contribution in [2.75, 3.05) is 18.5 Å². The molecule has 1 amide bonds. The van der Waals surface area contributed by atoms with E-state index in [0.717, 1.165) is 6.08 Å². The van der Waals surface area contributed by atoms with Crippen molar-refractivity contribution in [3.05, 3.63) is 72.3 Å². The minimum absolute atomic E-state index is 0.0971. The van der Waals surface area contributed by atoms with Crippen LogP contribution in [0.2, 0.25) is 0 Å². The number of rotatable bonds is 9. The van der Waals surface area contributed by atoms with E-state index in [2.05, 4.69) is 5.32 Å². The molecule has 0 aliphatic carbocycles. The number of carbonyl (C=O) groups excluding carboxylic acids is 1. The van der Waals surface area contributed by atoms with Crippen molar-refractivity contribution in [2.24, 2.45) is 5.41 Å². The van der Waals surface area contributed by atoms with E-state index in [-0.39, 0.29) is 13.2 Å². The number of ether oxygens (including phenoxy) is 2. The molecule has 0 saturated heterocycles. The van der Waals surface area contributed by atoms with Crippen LogP contribution in [0, 0.1) is 5.41 Å². The maximum Gasteiger partial charge on any atom is 0.412 e. The van der Waals surface area contributed by atoms with Gasteiger partial charge < -0.3 is 19.7 Å². The molecule has 2 aromatic carbocycles. The van der Waals surface area contributed by atoms with Crippen molar-refractivity contribution < 1.29 is 29.3 Å². The maximum atomic E-state index is 12.5. The summed E-state index contributed by atoms with van der Waals surface area (Å²) in [5.74, 6) is -0.521. The third-order valence-corrected chi connectivity index (χ3v) is 4.12. The van der Waals surface area contributed by atoms with Crippen LogP contribution in [0.5, 0.6) is 5.75 Å². The molecule has 154 valence electrons. The summed E-state index contributed by atoms with van der Waals surface area (Å²) in [6.07, 6.45) is 1.11. The number of amides is 1. The molecule has 2 aromatic rings. The first kappa shape index (κ1) is 22.0. The van der Waals surface area contributed by atoms with Crippen LogP contribution in [0.15, 0.2) is 66.7 Å². The van der Waals surface area contributed by atoms with Gasteiger partial charge >= 0.3 is 12.1 Å². The molecule has 0 radical (unpaired) electrons. The summed E-state index contributed by atoms with van der Waals surface area (Å²) in [4.78, 5) is 23.4. The zero-order valence-electron chi connectivity index (χ0n) is 16.4. The Bertz CT molecular complexity index is 830. The summed E-state index contributed by atoms with van der Waals surface area (Å²) in [5.41, 5.74) is 0.451. The monoisotopic (exact) mass is 399 g/mol. The number of hydrogen-bond donors (Lipinski definition) is 3. The van der Waals surface area contributed by atoms with E-state index >= 15 is 0 Å². The molecule has 0 fully saturated rings. The molecule has 29 heavy (non-hydrogen) atoms. The summed E-state index contributed by atoms with van der Waals surface area (Å²) in [7, 11) is 0. The molecule has 0 heterocycles. The molecule has 1 atom stereocenters. The normalized spacial score (nSPS) is 12.4. The lowest BCUT2D eigenvalue weighted by molar-refractivity contribution is -0.131. The zero-order valence-corrected chi connectivity index (χ0v) is 16.4. The van der Waals surface area contributed by atoms with E-state index in [1.165, 1.54) is 6.08 Å². The Kier molecular flexibility index (Phi) is 7.79. The molecule has 0 saturated carbocycles. The van der Waals surface area contributed by atoms with Gasteiger partial charge in [0.15, 0.2) is 0 Å². The third-order valence-electron chi connectivity index (χ3n) is 4.12. The minimum Gasteiger partial charge on any atom is -0.491 e. The Balaban J connectivity index is 2.25. The van der Waals surface area contributed by atoms with Gasteiger partial charge in [0.05, 0.1) is 6.61 Å². The zero-order chi connectivity index (χ0) is 21.3. The van der Waals surface area contributed by atoms with Crippen LogP contribution in [0.3, 0.4) is 0 Å². The van der Waals surface area contributed by atoms with E-state index in [1.807, 2.05) is 6.07 Å². The van der Waals surface area contributed by atoms with Crippen molar-refractivity contribution in [2.45, 2.75) is 20.0 Å². The van der Waals surface area contributed by atoms with Gasteiger partial charge in [0.25, 0.3) is 0 Å². The fourth-order valence-electron chi connectivity index (χ4n) is 2.70. The number of carboxylic acid groups (broad SMARTS) is 1. The summed E-state index contributed by atoms with van der Waals surface area (Å²) in [6.45, 7) is 3.64. The van der Waals surface area contributed by atoms with E-state index < -0.39 is 23.6 Å². The van der Waals surface area contributed by atoms with Crippen molar-refractivity contribution in [1.82, 2.24) is 0 Å². The van der Waals surface area contributed by atoms with E-state index in [1.54, 1.807) is 62.4 Å². The molecule has 0 spiro atoms. The van der Waals surface area contributed by atoms with E-state index in [9.17, 15) is 9.59 Å². The van der Waals surface area contributed by atoms with Gasteiger partial charge in [0.2, 0.25) is 0 Å². The summed E-state index contributed by atoms with van der Waals surface area (Å²) < 4.78 is 11.0. The number of hydrogen-bond acceptors (Lipinski definition) is 5. The highest BCUT2D eigenvalue weighted by molar-refractivity contribution is 5.84. The number of benzene rings is 2. The second kappa shape index (κ2) is 10.3. The van der Waals surface area contributed by atoms with Gasteiger partial charge in [-0.1, -0.05) is 50.3 Å². The number of carboxylic acids is 1. The van der Waals surface area contributed by atoms with Gasteiger partial charge in [-0.05, 0) is 29.8 Å². The predicted octanol–water partition coefficient (Wildman–Crippen LogP) is 4.01. The number of aliphatic hydroxyl groups is 1. The number of aliphatic carboxylic acids is 1. The van der Waals surface area contributed by atoms with Crippen molar-refractivity contribution >= 4 is 17.7 Å². The first-order valence-corrected chi connectivity index (χ1v) is 9.10. The van der Waals surface area contributed by atoms with Gasteiger partial charge in [0, 0.05) is 17.2 Å². The van der Waals surface area contributed by atoms with Crippen LogP contribution in [-0.2, 0) is 9.53 Å². The average Bonchev–Trinajstić information content (AvgIpc) is 2.70. The first-order valence-electron chi connectivity index (χ1n) is 9.10. The molecule has 2 rings (SSSR count). The largest absolute Gasteiger partial charge is 0.491 e. The Morgan fingerprint density at radius 3 is 2.34 bits per heavy atom. The molecule has 7 heteroatoms. The Labute approximate surface area is 169 Å². The van der Waals surface area contributed by atoms with Crippen molar-refractivity contribution in [3.8, 4) is 5.75 Å². The molecule has 0 aliphatic heterocycles. The van der Waals surface area contributed by atoms with Gasteiger partial charge in [-0.15, -0.1) is 0 Å². The molecular weight excluding hydrogens is 374 g/mol. The quantitative estimate of drug-likeness (QED) is 0.550. The summed E-state index contributed by atoms with van der Waals surface area (Å²) >= 11 is 0. The Morgan fingerprint density at radius 2 is 1.76 bits per heavy atom. The second-order valence-electron chi connectivity index (χ2n) is 6.91. The molecule has 0 bridgehead atoms. The van der Waals surface area contributed by atoms with Crippen LogP contribution < -0.4 is 10.1 Å². The lowest BCUT2D eigenvalue weighted by Crippen LogP contribution is -2.27. The van der Waals surface area contributed by atoms with Crippen LogP contribution in [-0.4, -0.2) is 35.5 Å². The van der Waals surface area contributed by atoms with Crippen LogP contribution >= 0.6 is 0 Å². The van der Waals surface area contributed by atoms with E-state index in [4.69, 9.17) is 19.7 Å². The van der Waals surface area contributed by atoms with Crippen LogP contribution in [0.1, 0.15) is 25.5 Å². The first-order chi connectivity index (χ1) is 13.8. The number of para-hydroxylation sites is 1. The minimum atomic E-state index is -1.08. The van der Waals surface area contributed by atoms with Crippen LogP contribution in [0.4, 0.5) is 10.5 Å². The highest BCUT2D eigenvalue weighted by Crippen LogP contribution is 2.38. The highest BCUT2D eigenvalue weighted by Gasteiger charge is 2.32. The smallest absolute Gasteiger partial charge is 0.412 e. The van der Waals surface area contributed by atoms with Gasteiger partial charge in [-0.2, -0.15) is 0 Å². The lowest BCUT2D eigenvalue weighted by Gasteiger charge is -2.31. The van der Waals surface area contributed by atoms with Gasteiger partial charge in [-0.25, -0.2) is 9.59 Å². The molecule has 0 aromatic heterocycles. The number of nitrogens with one attached hydrogen (secondary N) is 1. The highest BCUT2D eigenvalue weighted by atomic mass is 16.6. The Morgan fingerprint density at radius 1 is 1.10 bits per heavy atom. The van der Waals surface area contributed by atoms with Crippen molar-refractivity contribution in [1.29, 1.82) is 0 Å². The summed E-state index contributed by atoms with van der Waals surface area (Å²) in [5, 5.41) is 20.5. The second-order valence-corrected chi connectivity index (χ2v) is 6.91. The molecule has 7 nitrogen and oxygen atoms in total. The maximum absolute atomic E-state index is 12.5. The van der Waals surface area contributed by atoms with Crippen LogP contribution in [0.25, 0.3) is 0 Å². The standard InChI is InChI=1S/C22H25NO6/c1-22(2,13-12-19(25)26)20(16-8-10-18(11-9-16)28-15-14-24)29-21(27)23-17-6-4-3-5-7-17/h3-13,20,24H,14-15H2,1-2H3,(H,23,27)(H,25,26)/b13-12+/t20-/m0/s1. The molecule has 0 aliphatic rings. The van der Waals surface area contributed by atoms with E-state index in [0.29, 0.717) is 17.0 Å². The van der Waals surface area contributed by atoms with Gasteiger partial charge in [0.1, 0.15) is 18.5 Å². The number of carbonyl (C=O) groups is 2. The number of aliphatic hydroxyl groups excluding tert-OH is 1. The average molecular weight is 399 g/mol. The molecule has 0 unspecified atom stereocenters. The summed E-state index contributed by atoms with van der Waals surface area (Å²) in [6, 6.07) is 15.8. The SMILES string of the molecule is CC(C)(/C=C/C(=O)O)[C@@H](OC(=O)Nc1ccccc1)c1ccc(OCCO)cc1. The number of anilines is 1. The van der Waals surface area contributed by atoms with Crippen molar-refractivity contribution in [3.63, 3.8) is 0 Å². The molecule has 3 N–H and O–H groups in total. The lowest BCUT2D eigenvalue weighted by atomic mass is 9.82. The third kappa shape index (κ3) is 6.97. The molecular formula is C22H25NO6. The predicted molar refractivity (Wildman–Crippen MR) is 109 cm³/mol. The fourth-order valence-corrected chi connectivity index (χ4v) is 2.70. The Hall–Kier alpha value is -3.32. The van der Waals surface area contributed by atoms with Gasteiger partial charge in [-0.3, -0.25) is 5.32 Å².